The van der Waals surface area contributed by atoms with Crippen molar-refractivity contribution in [3.05, 3.63) is 77.7 Å². The lowest BCUT2D eigenvalue weighted by Crippen LogP contribution is -2.11. The maximum absolute atomic E-state index is 12.4. The Labute approximate surface area is 163 Å². The number of pyridine rings is 1. The van der Waals surface area contributed by atoms with Crippen LogP contribution < -0.4 is 10.6 Å². The van der Waals surface area contributed by atoms with Crippen molar-refractivity contribution in [2.24, 2.45) is 0 Å². The van der Waals surface area contributed by atoms with E-state index in [1.165, 1.54) is 17.6 Å². The fourth-order valence-corrected chi connectivity index (χ4v) is 3.32. The van der Waals surface area contributed by atoms with E-state index in [-0.39, 0.29) is 17.6 Å². The number of carbonyl (C=O) groups excluding carboxylic acids is 2. The molecule has 28 heavy (non-hydrogen) atoms. The van der Waals surface area contributed by atoms with Gasteiger partial charge in [0, 0.05) is 12.4 Å². The van der Waals surface area contributed by atoms with Crippen LogP contribution >= 0.6 is 11.3 Å². The normalized spacial score (nSPS) is 10.6. The first-order chi connectivity index (χ1) is 13.6. The summed E-state index contributed by atoms with van der Waals surface area (Å²) in [7, 11) is 0. The molecule has 2 amide bonds. The minimum atomic E-state index is -0.367. The first kappa shape index (κ1) is 17.7. The maximum atomic E-state index is 12.4. The van der Waals surface area contributed by atoms with Crippen molar-refractivity contribution in [3.8, 4) is 5.82 Å². The maximum Gasteiger partial charge on any atom is 0.291 e. The lowest BCUT2D eigenvalue weighted by atomic mass is 10.3. The monoisotopic (exact) mass is 393 g/mol. The van der Waals surface area contributed by atoms with Gasteiger partial charge in [-0.15, -0.1) is 11.3 Å². The van der Waals surface area contributed by atoms with Crippen molar-refractivity contribution in [2.75, 3.05) is 10.6 Å². The Morgan fingerprint density at radius 1 is 1.07 bits per heavy atom. The van der Waals surface area contributed by atoms with E-state index in [2.05, 4.69) is 20.6 Å². The Morgan fingerprint density at radius 2 is 1.96 bits per heavy atom. The molecule has 8 nitrogen and oxygen atoms in total. The minimum Gasteiger partial charge on any atom is -0.459 e. The van der Waals surface area contributed by atoms with Gasteiger partial charge in [0.1, 0.15) is 11.6 Å². The first-order valence-corrected chi connectivity index (χ1v) is 9.14. The predicted octanol–water partition coefficient (Wildman–Crippen LogP) is 3.73. The van der Waals surface area contributed by atoms with Gasteiger partial charge in [0.25, 0.3) is 11.8 Å². The van der Waals surface area contributed by atoms with Crippen molar-refractivity contribution in [1.29, 1.82) is 0 Å². The number of amides is 2. The molecular weight excluding hydrogens is 378 g/mol. The number of carbonyl (C=O) groups is 2. The van der Waals surface area contributed by atoms with Gasteiger partial charge in [0.15, 0.2) is 5.76 Å². The molecule has 0 unspecified atom stereocenters. The van der Waals surface area contributed by atoms with Crippen molar-refractivity contribution in [1.82, 2.24) is 14.5 Å². The lowest BCUT2D eigenvalue weighted by molar-refractivity contribution is 0.0995. The molecule has 0 aliphatic heterocycles. The zero-order valence-electron chi connectivity index (χ0n) is 14.7. The van der Waals surface area contributed by atoms with Crippen LogP contribution in [0.15, 0.2) is 65.7 Å². The van der Waals surface area contributed by atoms with E-state index >= 15 is 0 Å². The molecule has 0 aliphatic rings. The summed E-state index contributed by atoms with van der Waals surface area (Å²) in [5.74, 6) is 1.10. The van der Waals surface area contributed by atoms with Gasteiger partial charge in [-0.3, -0.25) is 14.2 Å². The molecule has 0 saturated carbocycles. The van der Waals surface area contributed by atoms with Crippen molar-refractivity contribution >= 4 is 33.8 Å². The third-order valence-electron chi connectivity index (χ3n) is 3.89. The summed E-state index contributed by atoms with van der Waals surface area (Å²) in [5.41, 5.74) is 0.570. The van der Waals surface area contributed by atoms with Gasteiger partial charge in [0.05, 0.1) is 28.0 Å². The van der Waals surface area contributed by atoms with Crippen LogP contribution in [0.3, 0.4) is 0 Å². The molecule has 140 valence electrons. The van der Waals surface area contributed by atoms with Gasteiger partial charge in [-0.1, -0.05) is 0 Å². The Balaban J connectivity index is 1.41. The number of nitrogens with one attached hydrogen (secondary N) is 2. The highest BCUT2D eigenvalue weighted by atomic mass is 32.1. The fourth-order valence-electron chi connectivity index (χ4n) is 2.52. The molecule has 4 heterocycles. The second-order valence-electron chi connectivity index (χ2n) is 5.80. The smallest absolute Gasteiger partial charge is 0.291 e. The molecular formula is C19H15N5O3S. The number of hydrogen-bond acceptors (Lipinski definition) is 6. The molecule has 0 spiro atoms. The molecule has 0 aromatic carbocycles. The van der Waals surface area contributed by atoms with E-state index < -0.39 is 0 Å². The number of rotatable bonds is 5. The summed E-state index contributed by atoms with van der Waals surface area (Å²) in [4.78, 5) is 33.4. The Hall–Kier alpha value is -3.72. The standard InChI is InChI=1S/C19H15N5O3S/c1-12-20-8-9-24(12)16-6-4-13(11-21-16)22-19(26)15-5-7-17(28-15)23-18(25)14-3-2-10-27-14/h2-11H,1H3,(H,22,26)(H,23,25). The fraction of sp³-hybridized carbons (Fsp3) is 0.0526. The zero-order valence-corrected chi connectivity index (χ0v) is 15.6. The minimum absolute atomic E-state index is 0.207. The SMILES string of the molecule is Cc1nccn1-c1ccc(NC(=O)c2ccc(NC(=O)c3ccco3)s2)cn1. The molecule has 9 heteroatoms. The largest absolute Gasteiger partial charge is 0.459 e. The van der Waals surface area contributed by atoms with Crippen LogP contribution in [0.5, 0.6) is 0 Å². The molecule has 0 radical (unpaired) electrons. The van der Waals surface area contributed by atoms with Crippen molar-refractivity contribution in [2.45, 2.75) is 6.92 Å². The van der Waals surface area contributed by atoms with Crippen LogP contribution in [0, 0.1) is 6.92 Å². The van der Waals surface area contributed by atoms with Gasteiger partial charge in [-0.2, -0.15) is 0 Å². The highest BCUT2D eigenvalue weighted by Gasteiger charge is 2.14. The number of furan rings is 1. The van der Waals surface area contributed by atoms with Gasteiger partial charge in [-0.05, 0) is 43.3 Å². The summed E-state index contributed by atoms with van der Waals surface area (Å²) in [6, 6.07) is 10.1. The molecule has 0 bridgehead atoms. The molecule has 0 aliphatic carbocycles. The van der Waals surface area contributed by atoms with Crippen molar-refractivity contribution in [3.63, 3.8) is 0 Å². The van der Waals surface area contributed by atoms with Crippen LogP contribution in [0.4, 0.5) is 10.7 Å². The summed E-state index contributed by atoms with van der Waals surface area (Å²) >= 11 is 1.17. The number of aromatic nitrogens is 3. The van der Waals surface area contributed by atoms with E-state index in [1.807, 2.05) is 17.7 Å². The van der Waals surface area contributed by atoms with Gasteiger partial charge >= 0.3 is 0 Å². The molecule has 4 rings (SSSR count). The average Bonchev–Trinajstić information content (AvgIpc) is 3.44. The second kappa shape index (κ2) is 7.49. The molecule has 0 fully saturated rings. The Kier molecular flexibility index (Phi) is 4.73. The number of anilines is 2. The quantitative estimate of drug-likeness (QED) is 0.538. The number of thiophene rings is 1. The van der Waals surface area contributed by atoms with E-state index in [0.29, 0.717) is 21.4 Å². The highest BCUT2D eigenvalue weighted by Crippen LogP contribution is 2.24. The van der Waals surface area contributed by atoms with Crippen LogP contribution in [0.25, 0.3) is 5.82 Å². The van der Waals surface area contributed by atoms with E-state index in [1.54, 1.807) is 48.8 Å². The highest BCUT2D eigenvalue weighted by molar-refractivity contribution is 7.18. The molecule has 0 saturated heterocycles. The van der Waals surface area contributed by atoms with E-state index in [0.717, 1.165) is 5.82 Å². The van der Waals surface area contributed by atoms with Crippen LogP contribution in [0.1, 0.15) is 26.1 Å². The van der Waals surface area contributed by atoms with Crippen molar-refractivity contribution < 1.29 is 14.0 Å². The average molecular weight is 393 g/mol. The number of aryl methyl sites for hydroxylation is 1. The van der Waals surface area contributed by atoms with Crippen LogP contribution in [-0.4, -0.2) is 26.3 Å². The topological polar surface area (TPSA) is 102 Å². The van der Waals surface area contributed by atoms with E-state index in [4.69, 9.17) is 4.42 Å². The number of hydrogen-bond donors (Lipinski definition) is 2. The Morgan fingerprint density at radius 3 is 2.64 bits per heavy atom. The van der Waals surface area contributed by atoms with E-state index in [9.17, 15) is 9.59 Å². The number of nitrogens with zero attached hydrogens (tertiary/aromatic N) is 3. The summed E-state index contributed by atoms with van der Waals surface area (Å²) in [5, 5.41) is 6.04. The third kappa shape index (κ3) is 3.69. The lowest BCUT2D eigenvalue weighted by Gasteiger charge is -2.06. The molecule has 0 atom stereocenters. The van der Waals surface area contributed by atoms with Crippen LogP contribution in [0.2, 0.25) is 0 Å². The molecule has 4 aromatic rings. The molecule has 4 aromatic heterocycles. The van der Waals surface area contributed by atoms with Gasteiger partial charge in [-0.25, -0.2) is 9.97 Å². The van der Waals surface area contributed by atoms with Gasteiger partial charge in [0.2, 0.25) is 0 Å². The zero-order chi connectivity index (χ0) is 19.5. The summed E-state index contributed by atoms with van der Waals surface area (Å²) in [6.45, 7) is 1.89. The molecule has 2 N–H and O–H groups in total. The summed E-state index contributed by atoms with van der Waals surface area (Å²) in [6.07, 6.45) is 6.53. The second-order valence-corrected chi connectivity index (χ2v) is 6.88. The predicted molar refractivity (Wildman–Crippen MR) is 105 cm³/mol. The van der Waals surface area contributed by atoms with Gasteiger partial charge < -0.3 is 15.1 Å². The third-order valence-corrected chi connectivity index (χ3v) is 4.89. The van der Waals surface area contributed by atoms with Crippen LogP contribution in [-0.2, 0) is 0 Å². The number of imidazole rings is 1. The summed E-state index contributed by atoms with van der Waals surface area (Å²) < 4.78 is 6.89. The Bertz CT molecular complexity index is 1110. The first-order valence-electron chi connectivity index (χ1n) is 8.32.